The second-order valence-electron chi connectivity index (χ2n) is 4.98. The molecule has 2 aromatic rings. The number of hydrogen-bond donors (Lipinski definition) is 1. The molecule has 1 aliphatic carbocycles. The quantitative estimate of drug-likeness (QED) is 0.916. The highest BCUT2D eigenvalue weighted by Crippen LogP contribution is 2.44. The van der Waals surface area contributed by atoms with E-state index >= 15 is 0 Å². The Bertz CT molecular complexity index is 583. The van der Waals surface area contributed by atoms with Gasteiger partial charge in [-0.2, -0.15) is 0 Å². The first kappa shape index (κ1) is 12.0. The van der Waals surface area contributed by atoms with E-state index < -0.39 is 11.4 Å². The van der Waals surface area contributed by atoms with Gasteiger partial charge in [0.05, 0.1) is 11.6 Å². The van der Waals surface area contributed by atoms with Gasteiger partial charge in [-0.1, -0.05) is 31.0 Å². The SMILES string of the molecule is O=C(O)C1(c2ccccc2-c2ncco2)CCCC1. The molecule has 3 rings (SSSR count). The molecule has 0 aliphatic heterocycles. The van der Waals surface area contributed by atoms with Crippen LogP contribution in [-0.2, 0) is 10.2 Å². The summed E-state index contributed by atoms with van der Waals surface area (Å²) in [7, 11) is 0. The monoisotopic (exact) mass is 257 g/mol. The summed E-state index contributed by atoms with van der Waals surface area (Å²) in [5, 5.41) is 9.69. The summed E-state index contributed by atoms with van der Waals surface area (Å²) in [6, 6.07) is 7.53. The van der Waals surface area contributed by atoms with E-state index in [0.717, 1.165) is 24.0 Å². The Hall–Kier alpha value is -2.10. The van der Waals surface area contributed by atoms with E-state index in [0.29, 0.717) is 18.7 Å². The molecule has 0 saturated heterocycles. The highest BCUT2D eigenvalue weighted by molar-refractivity contribution is 5.85. The van der Waals surface area contributed by atoms with E-state index in [9.17, 15) is 9.90 Å². The molecule has 1 heterocycles. The van der Waals surface area contributed by atoms with Crippen LogP contribution in [0.4, 0.5) is 0 Å². The highest BCUT2D eigenvalue weighted by Gasteiger charge is 2.44. The average molecular weight is 257 g/mol. The number of oxazole rings is 1. The maximum Gasteiger partial charge on any atom is 0.314 e. The van der Waals surface area contributed by atoms with Crippen molar-refractivity contribution in [1.82, 2.24) is 4.98 Å². The molecule has 1 aromatic heterocycles. The second kappa shape index (κ2) is 4.53. The molecule has 1 aromatic carbocycles. The van der Waals surface area contributed by atoms with Crippen LogP contribution < -0.4 is 0 Å². The third-order valence-electron chi connectivity index (χ3n) is 3.97. The molecule has 19 heavy (non-hydrogen) atoms. The number of nitrogens with zero attached hydrogens (tertiary/aromatic N) is 1. The molecule has 98 valence electrons. The van der Waals surface area contributed by atoms with Crippen LogP contribution in [0.3, 0.4) is 0 Å². The minimum absolute atomic E-state index is 0.489. The van der Waals surface area contributed by atoms with Gasteiger partial charge in [0.2, 0.25) is 5.89 Å². The first-order valence-corrected chi connectivity index (χ1v) is 6.47. The highest BCUT2D eigenvalue weighted by atomic mass is 16.4. The summed E-state index contributed by atoms with van der Waals surface area (Å²) < 4.78 is 5.34. The van der Waals surface area contributed by atoms with Gasteiger partial charge in [0.1, 0.15) is 6.26 Å². The summed E-state index contributed by atoms with van der Waals surface area (Å²) in [6.07, 6.45) is 6.35. The van der Waals surface area contributed by atoms with Gasteiger partial charge in [0, 0.05) is 5.56 Å². The maximum absolute atomic E-state index is 11.8. The van der Waals surface area contributed by atoms with Crippen molar-refractivity contribution in [2.24, 2.45) is 0 Å². The Labute approximate surface area is 111 Å². The Morgan fingerprint density at radius 2 is 2.00 bits per heavy atom. The third-order valence-corrected chi connectivity index (χ3v) is 3.97. The van der Waals surface area contributed by atoms with Crippen molar-refractivity contribution in [1.29, 1.82) is 0 Å². The molecule has 0 atom stereocenters. The molecule has 4 heteroatoms. The summed E-state index contributed by atoms with van der Waals surface area (Å²) in [6.45, 7) is 0. The van der Waals surface area contributed by atoms with Crippen LogP contribution in [-0.4, -0.2) is 16.1 Å². The van der Waals surface area contributed by atoms with Crippen molar-refractivity contribution in [2.75, 3.05) is 0 Å². The predicted molar refractivity (Wildman–Crippen MR) is 69.7 cm³/mol. The summed E-state index contributed by atoms with van der Waals surface area (Å²) in [4.78, 5) is 15.9. The number of carboxylic acid groups (broad SMARTS) is 1. The average Bonchev–Trinajstić information content (AvgIpc) is 3.11. The standard InChI is InChI=1S/C15H15NO3/c17-14(18)15(7-3-4-8-15)12-6-2-1-5-11(12)13-16-9-10-19-13/h1-2,5-6,9-10H,3-4,7-8H2,(H,17,18). The molecular weight excluding hydrogens is 242 g/mol. The normalized spacial score (nSPS) is 17.5. The topological polar surface area (TPSA) is 63.3 Å². The molecule has 1 fully saturated rings. The van der Waals surface area contributed by atoms with Crippen LogP contribution in [0.25, 0.3) is 11.5 Å². The largest absolute Gasteiger partial charge is 0.481 e. The van der Waals surface area contributed by atoms with E-state index in [1.165, 1.54) is 6.26 Å². The van der Waals surface area contributed by atoms with Crippen LogP contribution >= 0.6 is 0 Å². The minimum Gasteiger partial charge on any atom is -0.481 e. The number of aliphatic carboxylic acids is 1. The maximum atomic E-state index is 11.8. The van der Waals surface area contributed by atoms with Crippen LogP contribution in [0.5, 0.6) is 0 Å². The fourth-order valence-electron chi connectivity index (χ4n) is 3.02. The summed E-state index contributed by atoms with van der Waals surface area (Å²) in [5.74, 6) is -0.257. The molecule has 1 aliphatic rings. The first-order valence-electron chi connectivity index (χ1n) is 6.47. The zero-order valence-electron chi connectivity index (χ0n) is 10.5. The smallest absolute Gasteiger partial charge is 0.314 e. The minimum atomic E-state index is -0.787. The van der Waals surface area contributed by atoms with Crippen LogP contribution in [0.1, 0.15) is 31.2 Å². The van der Waals surface area contributed by atoms with Gasteiger partial charge in [0.15, 0.2) is 0 Å². The molecule has 1 N–H and O–H groups in total. The van der Waals surface area contributed by atoms with Gasteiger partial charge in [-0.25, -0.2) is 4.98 Å². The Morgan fingerprint density at radius 3 is 2.63 bits per heavy atom. The van der Waals surface area contributed by atoms with E-state index in [4.69, 9.17) is 4.42 Å². The van der Waals surface area contributed by atoms with E-state index in [1.54, 1.807) is 6.20 Å². The third kappa shape index (κ3) is 1.84. The Kier molecular flexibility index (Phi) is 2.85. The zero-order chi connectivity index (χ0) is 13.3. The first-order chi connectivity index (χ1) is 9.24. The lowest BCUT2D eigenvalue weighted by molar-refractivity contribution is -0.143. The van der Waals surface area contributed by atoms with Crippen LogP contribution in [0, 0.1) is 0 Å². The lowest BCUT2D eigenvalue weighted by Gasteiger charge is -2.26. The fraction of sp³-hybridized carbons (Fsp3) is 0.333. The van der Waals surface area contributed by atoms with E-state index in [2.05, 4.69) is 4.98 Å². The molecule has 0 amide bonds. The predicted octanol–water partition coefficient (Wildman–Crippen LogP) is 3.24. The lowest BCUT2D eigenvalue weighted by atomic mass is 9.76. The fourth-order valence-corrected chi connectivity index (χ4v) is 3.02. The van der Waals surface area contributed by atoms with Crippen molar-refractivity contribution < 1.29 is 14.3 Å². The second-order valence-corrected chi connectivity index (χ2v) is 4.98. The molecule has 4 nitrogen and oxygen atoms in total. The number of carboxylic acids is 1. The van der Waals surface area contributed by atoms with Crippen molar-refractivity contribution in [3.8, 4) is 11.5 Å². The van der Waals surface area contributed by atoms with Gasteiger partial charge in [-0.3, -0.25) is 4.79 Å². The Balaban J connectivity index is 2.17. The van der Waals surface area contributed by atoms with Gasteiger partial charge in [0.25, 0.3) is 0 Å². The zero-order valence-corrected chi connectivity index (χ0v) is 10.5. The van der Waals surface area contributed by atoms with Gasteiger partial charge in [-0.15, -0.1) is 0 Å². The van der Waals surface area contributed by atoms with Crippen molar-refractivity contribution in [2.45, 2.75) is 31.1 Å². The summed E-state index contributed by atoms with van der Waals surface area (Å²) >= 11 is 0. The number of rotatable bonds is 3. The van der Waals surface area contributed by atoms with Gasteiger partial charge >= 0.3 is 5.97 Å². The molecule has 0 spiro atoms. The van der Waals surface area contributed by atoms with Crippen LogP contribution in [0.2, 0.25) is 0 Å². The van der Waals surface area contributed by atoms with Crippen molar-refractivity contribution >= 4 is 5.97 Å². The molecule has 0 unspecified atom stereocenters. The van der Waals surface area contributed by atoms with E-state index in [-0.39, 0.29) is 0 Å². The lowest BCUT2D eigenvalue weighted by Crippen LogP contribution is -2.33. The molecule has 1 saturated carbocycles. The molecule has 0 bridgehead atoms. The number of hydrogen-bond acceptors (Lipinski definition) is 3. The number of aromatic nitrogens is 1. The Morgan fingerprint density at radius 1 is 1.26 bits per heavy atom. The molecular formula is C15H15NO3. The number of carbonyl (C=O) groups is 1. The van der Waals surface area contributed by atoms with Crippen molar-refractivity contribution in [3.63, 3.8) is 0 Å². The van der Waals surface area contributed by atoms with E-state index in [1.807, 2.05) is 24.3 Å². The summed E-state index contributed by atoms with van der Waals surface area (Å²) in [5.41, 5.74) is 0.824. The number of benzene rings is 1. The van der Waals surface area contributed by atoms with Crippen molar-refractivity contribution in [3.05, 3.63) is 42.3 Å². The van der Waals surface area contributed by atoms with Crippen LogP contribution in [0.15, 0.2) is 41.1 Å². The molecule has 0 radical (unpaired) electrons. The van der Waals surface area contributed by atoms with Gasteiger partial charge < -0.3 is 9.52 Å². The van der Waals surface area contributed by atoms with Gasteiger partial charge in [-0.05, 0) is 24.5 Å².